The van der Waals surface area contributed by atoms with Crippen molar-refractivity contribution in [3.05, 3.63) is 59.4 Å². The molecule has 2 saturated heterocycles. The number of piperidine rings is 1. The lowest BCUT2D eigenvalue weighted by Gasteiger charge is -2.31. The van der Waals surface area contributed by atoms with Gasteiger partial charge in [-0.3, -0.25) is 4.79 Å². The van der Waals surface area contributed by atoms with Gasteiger partial charge in [-0.15, -0.1) is 0 Å². The molecule has 2 fully saturated rings. The Bertz CT molecular complexity index is 896. The predicted octanol–water partition coefficient (Wildman–Crippen LogP) is 4.18. The molecule has 2 aromatic rings. The van der Waals surface area contributed by atoms with Crippen molar-refractivity contribution in [2.75, 3.05) is 46.9 Å². The van der Waals surface area contributed by atoms with Crippen molar-refractivity contribution in [2.24, 2.45) is 5.92 Å². The van der Waals surface area contributed by atoms with Crippen LogP contribution in [-0.2, 0) is 0 Å². The zero-order valence-electron chi connectivity index (χ0n) is 18.4. The number of carbonyl (C=O) groups excluding carboxylic acids is 1. The lowest BCUT2D eigenvalue weighted by atomic mass is 9.88. The molecule has 2 unspecified atom stereocenters. The van der Waals surface area contributed by atoms with Crippen molar-refractivity contribution in [1.29, 1.82) is 0 Å². The average molecular weight is 427 g/mol. The number of nitrogens with zero attached hydrogens (tertiary/aromatic N) is 2. The Labute approximate surface area is 183 Å². The van der Waals surface area contributed by atoms with E-state index in [9.17, 15) is 9.18 Å². The maximum atomic E-state index is 13.5. The third kappa shape index (κ3) is 4.85. The number of carbonyl (C=O) groups is 1. The van der Waals surface area contributed by atoms with Crippen molar-refractivity contribution >= 4 is 5.91 Å². The van der Waals surface area contributed by atoms with Crippen LogP contribution < -0.4 is 9.47 Å². The number of hydrogen-bond donors (Lipinski definition) is 0. The van der Waals surface area contributed by atoms with Gasteiger partial charge in [0.1, 0.15) is 5.82 Å². The smallest absolute Gasteiger partial charge is 0.254 e. The Hall–Kier alpha value is -2.60. The lowest BCUT2D eigenvalue weighted by molar-refractivity contribution is 0.0781. The van der Waals surface area contributed by atoms with E-state index in [1.54, 1.807) is 32.4 Å². The first-order valence-electron chi connectivity index (χ1n) is 11.1. The van der Waals surface area contributed by atoms with Gasteiger partial charge in [0.15, 0.2) is 11.5 Å². The maximum Gasteiger partial charge on any atom is 0.254 e. The topological polar surface area (TPSA) is 42.0 Å². The summed E-state index contributed by atoms with van der Waals surface area (Å²) in [5.41, 5.74) is 1.69. The van der Waals surface area contributed by atoms with Gasteiger partial charge in [-0.1, -0.05) is 18.6 Å². The highest BCUT2D eigenvalue weighted by atomic mass is 19.1. The third-order valence-electron chi connectivity index (χ3n) is 6.60. The van der Waals surface area contributed by atoms with E-state index >= 15 is 0 Å². The van der Waals surface area contributed by atoms with Crippen molar-refractivity contribution in [2.45, 2.75) is 25.2 Å². The highest BCUT2D eigenvalue weighted by Crippen LogP contribution is 2.36. The van der Waals surface area contributed by atoms with E-state index in [0.717, 1.165) is 25.2 Å². The minimum atomic E-state index is -0.229. The minimum Gasteiger partial charge on any atom is -0.493 e. The summed E-state index contributed by atoms with van der Waals surface area (Å²) in [7, 11) is 3.15. The molecule has 2 aliphatic heterocycles. The molecular weight excluding hydrogens is 395 g/mol. The first-order valence-corrected chi connectivity index (χ1v) is 11.1. The normalized spacial score (nSPS) is 21.8. The van der Waals surface area contributed by atoms with Gasteiger partial charge in [0.25, 0.3) is 5.91 Å². The van der Waals surface area contributed by atoms with E-state index < -0.39 is 0 Å². The van der Waals surface area contributed by atoms with Crippen LogP contribution in [-0.4, -0.2) is 62.7 Å². The van der Waals surface area contributed by atoms with E-state index in [1.165, 1.54) is 31.4 Å². The highest BCUT2D eigenvalue weighted by molar-refractivity contribution is 5.95. The van der Waals surface area contributed by atoms with Crippen molar-refractivity contribution in [3.63, 3.8) is 0 Å². The summed E-state index contributed by atoms with van der Waals surface area (Å²) in [5.74, 6) is 1.45. The molecule has 0 bridgehead atoms. The van der Waals surface area contributed by atoms with Crippen LogP contribution in [0.4, 0.5) is 4.39 Å². The predicted molar refractivity (Wildman–Crippen MR) is 118 cm³/mol. The van der Waals surface area contributed by atoms with Gasteiger partial charge in [-0.05, 0) is 67.7 Å². The fraction of sp³-hybridized carbons (Fsp3) is 0.480. The number of methoxy groups -OCH3 is 2. The molecule has 166 valence electrons. The van der Waals surface area contributed by atoms with Crippen LogP contribution in [0.15, 0.2) is 42.5 Å². The molecule has 0 N–H and O–H groups in total. The Balaban J connectivity index is 1.55. The van der Waals surface area contributed by atoms with Crippen LogP contribution in [0.25, 0.3) is 0 Å². The van der Waals surface area contributed by atoms with E-state index in [4.69, 9.17) is 9.47 Å². The first kappa shape index (κ1) is 21.6. The second-order valence-corrected chi connectivity index (χ2v) is 8.56. The summed E-state index contributed by atoms with van der Waals surface area (Å²) in [6.07, 6.45) is 3.77. The summed E-state index contributed by atoms with van der Waals surface area (Å²) < 4.78 is 24.2. The van der Waals surface area contributed by atoms with Crippen LogP contribution in [0.1, 0.15) is 41.1 Å². The van der Waals surface area contributed by atoms with Gasteiger partial charge in [0, 0.05) is 31.1 Å². The van der Waals surface area contributed by atoms with E-state index in [-0.39, 0.29) is 17.6 Å². The van der Waals surface area contributed by atoms with Gasteiger partial charge in [0.2, 0.25) is 0 Å². The second kappa shape index (κ2) is 9.69. The fourth-order valence-corrected chi connectivity index (χ4v) is 4.94. The fourth-order valence-electron chi connectivity index (χ4n) is 4.94. The van der Waals surface area contributed by atoms with Crippen LogP contribution in [0, 0.1) is 11.7 Å². The number of benzene rings is 2. The van der Waals surface area contributed by atoms with Gasteiger partial charge >= 0.3 is 0 Å². The summed E-state index contributed by atoms with van der Waals surface area (Å²) in [5, 5.41) is 0. The van der Waals surface area contributed by atoms with Gasteiger partial charge in [0.05, 0.1) is 14.2 Å². The Morgan fingerprint density at radius 1 is 0.968 bits per heavy atom. The minimum absolute atomic E-state index is 0.00536. The Kier molecular flexibility index (Phi) is 6.76. The molecule has 2 aromatic carbocycles. The molecule has 1 amide bonds. The number of ether oxygens (including phenoxy) is 2. The summed E-state index contributed by atoms with van der Waals surface area (Å²) in [6.45, 7) is 4.55. The van der Waals surface area contributed by atoms with Crippen LogP contribution in [0.3, 0.4) is 0 Å². The summed E-state index contributed by atoms with van der Waals surface area (Å²) in [4.78, 5) is 17.8. The van der Waals surface area contributed by atoms with Crippen LogP contribution in [0.5, 0.6) is 11.5 Å². The van der Waals surface area contributed by atoms with E-state index in [2.05, 4.69) is 4.90 Å². The van der Waals surface area contributed by atoms with Gasteiger partial charge in [-0.25, -0.2) is 4.39 Å². The standard InChI is InChI=1S/C25H31FN2O3/c1-30-23-11-8-19(14-24(23)31-2)25(29)28-16-20(15-27-12-4-3-5-13-27)22(17-28)18-6-9-21(26)10-7-18/h6-11,14,20,22H,3-5,12-13,15-17H2,1-2H3. The molecule has 31 heavy (non-hydrogen) atoms. The van der Waals surface area contributed by atoms with Gasteiger partial charge in [-0.2, -0.15) is 0 Å². The molecule has 0 spiro atoms. The zero-order valence-corrected chi connectivity index (χ0v) is 18.4. The monoisotopic (exact) mass is 426 g/mol. The quantitative estimate of drug-likeness (QED) is 0.695. The molecule has 4 rings (SSSR count). The number of halogens is 1. The third-order valence-corrected chi connectivity index (χ3v) is 6.60. The van der Waals surface area contributed by atoms with Crippen molar-refractivity contribution in [3.8, 4) is 11.5 Å². The van der Waals surface area contributed by atoms with E-state index in [0.29, 0.717) is 36.1 Å². The molecule has 0 aromatic heterocycles. The van der Waals surface area contributed by atoms with Crippen molar-refractivity contribution in [1.82, 2.24) is 9.80 Å². The molecule has 2 heterocycles. The molecule has 5 nitrogen and oxygen atoms in total. The molecular formula is C25H31FN2O3. The number of likely N-dealkylation sites (tertiary alicyclic amines) is 2. The molecule has 2 atom stereocenters. The van der Waals surface area contributed by atoms with Gasteiger partial charge < -0.3 is 19.3 Å². The molecule has 0 aliphatic carbocycles. The van der Waals surface area contributed by atoms with E-state index in [1.807, 2.05) is 17.0 Å². The lowest BCUT2D eigenvalue weighted by Crippen LogP contribution is -2.36. The molecule has 0 radical (unpaired) electrons. The summed E-state index contributed by atoms with van der Waals surface area (Å²) >= 11 is 0. The first-order chi connectivity index (χ1) is 15.1. The Morgan fingerprint density at radius 2 is 1.68 bits per heavy atom. The van der Waals surface area contributed by atoms with Crippen molar-refractivity contribution < 1.29 is 18.7 Å². The van der Waals surface area contributed by atoms with Crippen LogP contribution in [0.2, 0.25) is 0 Å². The Morgan fingerprint density at radius 3 is 2.35 bits per heavy atom. The number of amides is 1. The van der Waals surface area contributed by atoms with Crippen LogP contribution >= 0.6 is 0 Å². The largest absolute Gasteiger partial charge is 0.493 e. The summed E-state index contributed by atoms with van der Waals surface area (Å²) in [6, 6.07) is 12.1. The average Bonchev–Trinajstić information content (AvgIpc) is 3.22. The number of rotatable bonds is 6. The molecule has 6 heteroatoms. The molecule has 0 saturated carbocycles. The highest BCUT2D eigenvalue weighted by Gasteiger charge is 2.37. The SMILES string of the molecule is COc1ccc(C(=O)N2CC(CN3CCCCC3)C(c3ccc(F)cc3)C2)cc1OC. The maximum absolute atomic E-state index is 13.5. The molecule has 2 aliphatic rings. The second-order valence-electron chi connectivity index (χ2n) is 8.56. The number of hydrogen-bond acceptors (Lipinski definition) is 4. The zero-order chi connectivity index (χ0) is 21.8.